The summed E-state index contributed by atoms with van der Waals surface area (Å²) in [7, 11) is 0. The van der Waals surface area contributed by atoms with Gasteiger partial charge in [0.2, 0.25) is 0 Å². The molecule has 1 atom stereocenters. The van der Waals surface area contributed by atoms with Crippen LogP contribution >= 0.6 is 11.3 Å². The van der Waals surface area contributed by atoms with Gasteiger partial charge in [0.15, 0.2) is 0 Å². The molecular weight excluding hydrogens is 288 g/mol. The summed E-state index contributed by atoms with van der Waals surface area (Å²) in [6.07, 6.45) is 2.90. The summed E-state index contributed by atoms with van der Waals surface area (Å²) in [5.74, 6) is -0.373. The number of likely N-dealkylation sites (tertiary alicyclic amines) is 1. The van der Waals surface area contributed by atoms with Gasteiger partial charge in [-0.3, -0.25) is 9.59 Å². The predicted molar refractivity (Wildman–Crippen MR) is 82.8 cm³/mol. The summed E-state index contributed by atoms with van der Waals surface area (Å²) in [6.45, 7) is 4.21. The van der Waals surface area contributed by atoms with Crippen LogP contribution < -0.4 is 5.32 Å². The molecule has 0 saturated carbocycles. The summed E-state index contributed by atoms with van der Waals surface area (Å²) in [6, 6.07) is 2.02. The van der Waals surface area contributed by atoms with Crippen LogP contribution in [0.4, 0.5) is 0 Å². The lowest BCUT2D eigenvalue weighted by Crippen LogP contribution is -2.43. The van der Waals surface area contributed by atoms with Crippen molar-refractivity contribution in [2.75, 3.05) is 26.2 Å². The molecule has 1 aliphatic heterocycles. The van der Waals surface area contributed by atoms with E-state index in [-0.39, 0.29) is 12.5 Å². The van der Waals surface area contributed by atoms with Crippen LogP contribution in [-0.2, 0) is 11.2 Å². The highest BCUT2D eigenvalue weighted by atomic mass is 32.1. The first kappa shape index (κ1) is 16.0. The number of hydrogen-bond donors (Lipinski definition) is 2. The molecule has 1 aliphatic rings. The predicted octanol–water partition coefficient (Wildman–Crippen LogP) is 1.84. The molecule has 6 heteroatoms. The quantitative estimate of drug-likeness (QED) is 0.841. The van der Waals surface area contributed by atoms with E-state index in [0.29, 0.717) is 19.0 Å². The maximum atomic E-state index is 12.6. The van der Waals surface area contributed by atoms with Crippen molar-refractivity contribution in [3.63, 3.8) is 0 Å². The maximum Gasteiger partial charge on any atom is 0.317 e. The highest BCUT2D eigenvalue weighted by Crippen LogP contribution is 2.23. The zero-order valence-electron chi connectivity index (χ0n) is 12.3. The van der Waals surface area contributed by atoms with E-state index in [1.54, 1.807) is 0 Å². The van der Waals surface area contributed by atoms with Crippen LogP contribution in [-0.4, -0.2) is 48.1 Å². The Bertz CT molecular complexity index is 501. The molecule has 1 saturated heterocycles. The van der Waals surface area contributed by atoms with Crippen LogP contribution in [0.5, 0.6) is 0 Å². The highest BCUT2D eigenvalue weighted by molar-refractivity contribution is 7.12. The van der Waals surface area contributed by atoms with Crippen molar-refractivity contribution >= 4 is 23.2 Å². The Hall–Kier alpha value is -1.40. The SMILES string of the molecule is CCc1ccsc1C(=O)N1CCCC(CNCC(=O)O)C1. The van der Waals surface area contributed by atoms with E-state index >= 15 is 0 Å². The number of amides is 1. The van der Waals surface area contributed by atoms with Crippen LogP contribution in [0.15, 0.2) is 11.4 Å². The zero-order valence-corrected chi connectivity index (χ0v) is 13.1. The second kappa shape index (κ2) is 7.56. The van der Waals surface area contributed by atoms with Gasteiger partial charge in [0, 0.05) is 19.6 Å². The molecular formula is C15H22N2O3S. The van der Waals surface area contributed by atoms with Crippen molar-refractivity contribution in [3.05, 3.63) is 21.9 Å². The Morgan fingerprint density at radius 2 is 2.33 bits per heavy atom. The monoisotopic (exact) mass is 310 g/mol. The van der Waals surface area contributed by atoms with Crippen molar-refractivity contribution < 1.29 is 14.7 Å². The molecule has 2 heterocycles. The number of carbonyl (C=O) groups excluding carboxylic acids is 1. The van der Waals surface area contributed by atoms with Crippen molar-refractivity contribution in [1.29, 1.82) is 0 Å². The number of aryl methyl sites for hydroxylation is 1. The van der Waals surface area contributed by atoms with Gasteiger partial charge in [0.05, 0.1) is 11.4 Å². The summed E-state index contributed by atoms with van der Waals surface area (Å²) >= 11 is 1.51. The molecule has 0 aliphatic carbocycles. The van der Waals surface area contributed by atoms with Crippen molar-refractivity contribution in [2.45, 2.75) is 26.2 Å². The van der Waals surface area contributed by atoms with Gasteiger partial charge in [-0.2, -0.15) is 0 Å². The maximum absolute atomic E-state index is 12.6. The van der Waals surface area contributed by atoms with Gasteiger partial charge < -0.3 is 15.3 Å². The van der Waals surface area contributed by atoms with Crippen LogP contribution in [0.2, 0.25) is 0 Å². The second-order valence-corrected chi connectivity index (χ2v) is 6.33. The Balaban J connectivity index is 1.91. The minimum absolute atomic E-state index is 0.0185. The van der Waals surface area contributed by atoms with Crippen LogP contribution in [0.3, 0.4) is 0 Å². The third-order valence-corrected chi connectivity index (χ3v) is 4.78. The standard InChI is InChI=1S/C15H22N2O3S/c1-2-12-5-7-21-14(12)15(20)17-6-3-4-11(10-17)8-16-9-13(18)19/h5,7,11,16H,2-4,6,8-10H2,1H3,(H,18,19). The number of hydrogen-bond acceptors (Lipinski definition) is 4. The topological polar surface area (TPSA) is 69.6 Å². The summed E-state index contributed by atoms with van der Waals surface area (Å²) in [5.41, 5.74) is 1.12. The van der Waals surface area contributed by atoms with Crippen molar-refractivity contribution in [1.82, 2.24) is 10.2 Å². The van der Waals surface area contributed by atoms with Gasteiger partial charge in [0.1, 0.15) is 0 Å². The lowest BCUT2D eigenvalue weighted by Gasteiger charge is -2.32. The smallest absolute Gasteiger partial charge is 0.317 e. The Morgan fingerprint density at radius 3 is 3.05 bits per heavy atom. The first-order valence-corrected chi connectivity index (χ1v) is 8.28. The number of rotatable bonds is 6. The fourth-order valence-electron chi connectivity index (χ4n) is 2.74. The van der Waals surface area contributed by atoms with E-state index in [1.807, 2.05) is 16.3 Å². The van der Waals surface area contributed by atoms with E-state index in [4.69, 9.17) is 5.11 Å². The zero-order chi connectivity index (χ0) is 15.2. The lowest BCUT2D eigenvalue weighted by atomic mass is 9.97. The molecule has 21 heavy (non-hydrogen) atoms. The molecule has 116 valence electrons. The average Bonchev–Trinajstić information content (AvgIpc) is 2.95. The minimum atomic E-state index is -0.843. The molecule has 1 aromatic heterocycles. The van der Waals surface area contributed by atoms with Crippen molar-refractivity contribution in [2.24, 2.45) is 5.92 Å². The van der Waals surface area contributed by atoms with Crippen molar-refractivity contribution in [3.8, 4) is 0 Å². The lowest BCUT2D eigenvalue weighted by molar-refractivity contribution is -0.136. The Labute approximate surface area is 129 Å². The molecule has 2 N–H and O–H groups in total. The molecule has 1 unspecified atom stereocenters. The summed E-state index contributed by atoms with van der Waals surface area (Å²) in [4.78, 5) is 25.9. The number of carboxylic acid groups (broad SMARTS) is 1. The van der Waals surface area contributed by atoms with E-state index < -0.39 is 5.97 Å². The number of carboxylic acids is 1. The van der Waals surface area contributed by atoms with Gasteiger partial charge in [-0.15, -0.1) is 11.3 Å². The van der Waals surface area contributed by atoms with E-state index in [1.165, 1.54) is 11.3 Å². The van der Waals surface area contributed by atoms with Crippen LogP contribution in [0, 0.1) is 5.92 Å². The summed E-state index contributed by atoms with van der Waals surface area (Å²) in [5, 5.41) is 13.6. The van der Waals surface area contributed by atoms with Crippen LogP contribution in [0.1, 0.15) is 35.0 Å². The van der Waals surface area contributed by atoms with Gasteiger partial charge in [-0.1, -0.05) is 6.92 Å². The number of thiophene rings is 1. The van der Waals surface area contributed by atoms with Gasteiger partial charge in [-0.25, -0.2) is 0 Å². The van der Waals surface area contributed by atoms with Crippen LogP contribution in [0.25, 0.3) is 0 Å². The van der Waals surface area contributed by atoms with E-state index in [9.17, 15) is 9.59 Å². The van der Waals surface area contributed by atoms with Gasteiger partial charge in [0.25, 0.3) is 5.91 Å². The summed E-state index contributed by atoms with van der Waals surface area (Å²) < 4.78 is 0. The average molecular weight is 310 g/mol. The first-order valence-electron chi connectivity index (χ1n) is 7.40. The minimum Gasteiger partial charge on any atom is -0.480 e. The fraction of sp³-hybridized carbons (Fsp3) is 0.600. The van der Waals surface area contributed by atoms with E-state index in [2.05, 4.69) is 12.2 Å². The molecule has 1 amide bonds. The number of nitrogens with zero attached hydrogens (tertiary/aromatic N) is 1. The number of nitrogens with one attached hydrogen (secondary N) is 1. The molecule has 0 radical (unpaired) electrons. The largest absolute Gasteiger partial charge is 0.480 e. The fourth-order valence-corrected chi connectivity index (χ4v) is 3.71. The molecule has 0 aromatic carbocycles. The third kappa shape index (κ3) is 4.28. The Kier molecular flexibility index (Phi) is 5.76. The van der Waals surface area contributed by atoms with Gasteiger partial charge in [-0.05, 0) is 42.2 Å². The molecule has 1 fully saturated rings. The first-order chi connectivity index (χ1) is 10.1. The molecule has 1 aromatic rings. The molecule has 0 bridgehead atoms. The molecule has 5 nitrogen and oxygen atoms in total. The second-order valence-electron chi connectivity index (χ2n) is 5.41. The third-order valence-electron chi connectivity index (χ3n) is 3.84. The number of aliphatic carboxylic acids is 1. The Morgan fingerprint density at radius 1 is 1.52 bits per heavy atom. The number of piperidine rings is 1. The number of carbonyl (C=O) groups is 2. The molecule has 0 spiro atoms. The van der Waals surface area contributed by atoms with Gasteiger partial charge >= 0.3 is 5.97 Å². The normalized spacial score (nSPS) is 18.7. The molecule has 2 rings (SSSR count). The van der Waals surface area contributed by atoms with E-state index in [0.717, 1.165) is 36.2 Å². The highest BCUT2D eigenvalue weighted by Gasteiger charge is 2.26.